The van der Waals surface area contributed by atoms with E-state index in [-0.39, 0.29) is 5.92 Å². The second-order valence-electron chi connectivity index (χ2n) is 8.23. The summed E-state index contributed by atoms with van der Waals surface area (Å²) in [7, 11) is -1.88. The van der Waals surface area contributed by atoms with Gasteiger partial charge in [0.05, 0.1) is 18.1 Å². The molecule has 0 heterocycles. The summed E-state index contributed by atoms with van der Waals surface area (Å²) in [6.07, 6.45) is 2.69. The molecule has 0 aromatic heterocycles. The average Bonchev–Trinajstić information content (AvgIpc) is 2.88. The Bertz CT molecular complexity index is 1050. The van der Waals surface area contributed by atoms with Crippen LogP contribution in [0.3, 0.4) is 0 Å². The molecule has 1 atom stereocenters. The van der Waals surface area contributed by atoms with E-state index >= 15 is 0 Å². The van der Waals surface area contributed by atoms with Gasteiger partial charge in [0.2, 0.25) is 0 Å². The van der Waals surface area contributed by atoms with E-state index in [9.17, 15) is 5.26 Å². The van der Waals surface area contributed by atoms with Crippen LogP contribution in [-0.2, 0) is 12.6 Å². The fourth-order valence-electron chi connectivity index (χ4n) is 4.39. The van der Waals surface area contributed by atoms with Crippen molar-refractivity contribution in [2.45, 2.75) is 25.9 Å². The quantitative estimate of drug-likeness (QED) is 0.300. The summed E-state index contributed by atoms with van der Waals surface area (Å²) in [5.41, 5.74) is 2.58. The largest absolute Gasteiger partial charge is 0.198 e. The van der Waals surface area contributed by atoms with Crippen LogP contribution in [0, 0.1) is 17.2 Å². The Morgan fingerprint density at radius 2 is 1.03 bits per heavy atom. The molecule has 0 saturated heterocycles. The van der Waals surface area contributed by atoms with Crippen LogP contribution in [0.25, 0.3) is 0 Å². The van der Waals surface area contributed by atoms with E-state index in [4.69, 9.17) is 0 Å². The third-order valence-corrected chi connectivity index (χ3v) is 10.6. The molecule has 1 nitrogen and oxygen atoms in total. The van der Waals surface area contributed by atoms with Gasteiger partial charge in [-0.3, -0.25) is 0 Å². The molecule has 32 heavy (non-hydrogen) atoms. The molecule has 0 saturated carbocycles. The number of benzene rings is 4. The molecule has 0 aliphatic rings. The van der Waals surface area contributed by atoms with Crippen LogP contribution in [0.15, 0.2) is 115 Å². The molecular formula is C30H29NP+. The van der Waals surface area contributed by atoms with E-state index in [1.807, 2.05) is 0 Å². The minimum Gasteiger partial charge on any atom is -0.198 e. The molecule has 0 spiro atoms. The molecule has 0 fully saturated rings. The number of hydrogen-bond donors (Lipinski definition) is 0. The highest BCUT2D eigenvalue weighted by Gasteiger charge is 2.45. The first-order valence-corrected chi connectivity index (χ1v) is 13.3. The Morgan fingerprint density at radius 1 is 0.625 bits per heavy atom. The van der Waals surface area contributed by atoms with E-state index in [1.165, 1.54) is 27.0 Å². The molecule has 4 rings (SSSR count). The highest BCUT2D eigenvalue weighted by molar-refractivity contribution is 7.95. The van der Waals surface area contributed by atoms with Crippen molar-refractivity contribution in [3.8, 4) is 6.07 Å². The van der Waals surface area contributed by atoms with E-state index in [0.29, 0.717) is 0 Å². The topological polar surface area (TPSA) is 23.8 Å². The van der Waals surface area contributed by atoms with Gasteiger partial charge in [-0.15, -0.1) is 0 Å². The molecule has 2 heteroatoms. The van der Waals surface area contributed by atoms with Gasteiger partial charge in [-0.1, -0.05) is 85.8 Å². The van der Waals surface area contributed by atoms with Crippen molar-refractivity contribution in [1.29, 1.82) is 5.26 Å². The second-order valence-corrected chi connectivity index (χ2v) is 11.7. The van der Waals surface area contributed by atoms with Crippen molar-refractivity contribution in [3.63, 3.8) is 0 Å². The number of rotatable bonds is 8. The van der Waals surface area contributed by atoms with Crippen LogP contribution < -0.4 is 15.9 Å². The van der Waals surface area contributed by atoms with Crippen LogP contribution in [0.5, 0.6) is 0 Å². The monoisotopic (exact) mass is 434 g/mol. The van der Waals surface area contributed by atoms with Gasteiger partial charge in [0, 0.05) is 0 Å². The molecule has 0 aliphatic carbocycles. The van der Waals surface area contributed by atoms with Gasteiger partial charge in [0.25, 0.3) is 0 Å². The van der Waals surface area contributed by atoms with Crippen LogP contribution in [0.4, 0.5) is 0 Å². The predicted molar refractivity (Wildman–Crippen MR) is 138 cm³/mol. The van der Waals surface area contributed by atoms with Crippen molar-refractivity contribution in [3.05, 3.63) is 126 Å². The lowest BCUT2D eigenvalue weighted by Crippen LogP contribution is -2.32. The lowest BCUT2D eigenvalue weighted by atomic mass is 9.98. The summed E-state index contributed by atoms with van der Waals surface area (Å²) in [6, 6.07) is 44.4. The number of nitriles is 1. The Labute approximate surface area is 192 Å². The lowest BCUT2D eigenvalue weighted by molar-refractivity contribution is 0.638. The summed E-state index contributed by atoms with van der Waals surface area (Å²) in [4.78, 5) is 0. The Morgan fingerprint density at radius 3 is 1.41 bits per heavy atom. The number of nitrogens with zero attached hydrogens (tertiary/aromatic N) is 1. The first-order chi connectivity index (χ1) is 15.8. The van der Waals surface area contributed by atoms with Crippen LogP contribution in [0.2, 0.25) is 0 Å². The van der Waals surface area contributed by atoms with Gasteiger partial charge < -0.3 is 0 Å². The van der Waals surface area contributed by atoms with Crippen LogP contribution in [0.1, 0.15) is 24.5 Å². The average molecular weight is 435 g/mol. The van der Waals surface area contributed by atoms with E-state index in [0.717, 1.165) is 19.0 Å². The van der Waals surface area contributed by atoms with Gasteiger partial charge in [-0.05, 0) is 60.4 Å². The highest BCUT2D eigenvalue weighted by atomic mass is 31.2. The molecule has 4 aromatic rings. The van der Waals surface area contributed by atoms with Crippen molar-refractivity contribution in [1.82, 2.24) is 0 Å². The zero-order valence-corrected chi connectivity index (χ0v) is 19.5. The standard InChI is InChI=1S/C30H29NP/c1-2-25(23-31)22-26-18-20-27(21-19-26)24-32(28-12-6-3-7-13-28,29-14-8-4-9-15-29)30-16-10-5-11-17-30/h3-21,25H,2,22,24H2,1H3/q+1. The maximum Gasteiger partial charge on any atom is 0.116 e. The summed E-state index contributed by atoms with van der Waals surface area (Å²) in [6.45, 7) is 2.08. The normalized spacial score (nSPS) is 12.1. The Hall–Kier alpha value is -3.20. The SMILES string of the molecule is CCC(C#N)Cc1ccc(C[P+](c2ccccc2)(c2ccccc2)c2ccccc2)cc1. The van der Waals surface area contributed by atoms with E-state index < -0.39 is 7.26 Å². The molecule has 0 amide bonds. The van der Waals surface area contributed by atoms with Crippen molar-refractivity contribution in [2.75, 3.05) is 0 Å². The van der Waals surface area contributed by atoms with Gasteiger partial charge in [0.1, 0.15) is 23.2 Å². The summed E-state index contributed by atoms with van der Waals surface area (Å²) >= 11 is 0. The fraction of sp³-hybridized carbons (Fsp3) is 0.167. The number of hydrogen-bond acceptors (Lipinski definition) is 1. The van der Waals surface area contributed by atoms with Gasteiger partial charge in [0.15, 0.2) is 0 Å². The first-order valence-electron chi connectivity index (χ1n) is 11.3. The van der Waals surface area contributed by atoms with Crippen LogP contribution in [-0.4, -0.2) is 0 Å². The third kappa shape index (κ3) is 4.67. The minimum absolute atomic E-state index is 0.0883. The van der Waals surface area contributed by atoms with Crippen molar-refractivity contribution < 1.29 is 0 Å². The molecule has 1 unspecified atom stereocenters. The molecule has 0 aliphatic heterocycles. The highest BCUT2D eigenvalue weighted by Crippen LogP contribution is 2.58. The lowest BCUT2D eigenvalue weighted by Gasteiger charge is -2.28. The second kappa shape index (κ2) is 10.4. The molecule has 0 bridgehead atoms. The summed E-state index contributed by atoms with van der Waals surface area (Å²) in [5, 5.41) is 13.5. The van der Waals surface area contributed by atoms with Gasteiger partial charge >= 0.3 is 0 Å². The predicted octanol–water partition coefficient (Wildman–Crippen LogP) is 6.27. The van der Waals surface area contributed by atoms with Crippen LogP contribution >= 0.6 is 7.26 Å². The van der Waals surface area contributed by atoms with E-state index in [1.54, 1.807) is 0 Å². The molecule has 0 radical (unpaired) electrons. The molecule has 0 N–H and O–H groups in total. The maximum atomic E-state index is 9.33. The maximum absolute atomic E-state index is 9.33. The van der Waals surface area contributed by atoms with E-state index in [2.05, 4.69) is 128 Å². The first kappa shape index (κ1) is 22.0. The molecule has 158 valence electrons. The summed E-state index contributed by atoms with van der Waals surface area (Å²) < 4.78 is 0. The van der Waals surface area contributed by atoms with Crippen molar-refractivity contribution in [2.24, 2.45) is 5.92 Å². The Balaban J connectivity index is 1.81. The third-order valence-electron chi connectivity index (χ3n) is 6.19. The van der Waals surface area contributed by atoms with Crippen molar-refractivity contribution >= 4 is 23.2 Å². The van der Waals surface area contributed by atoms with Gasteiger partial charge in [-0.2, -0.15) is 5.26 Å². The smallest absolute Gasteiger partial charge is 0.116 e. The minimum atomic E-state index is -1.88. The Kier molecular flexibility index (Phi) is 7.16. The zero-order valence-electron chi connectivity index (χ0n) is 18.6. The molecular weight excluding hydrogens is 405 g/mol. The fourth-order valence-corrected chi connectivity index (χ4v) is 8.63. The summed E-state index contributed by atoms with van der Waals surface area (Å²) in [5.74, 6) is 0.0883. The zero-order chi connectivity index (χ0) is 22.2. The van der Waals surface area contributed by atoms with Gasteiger partial charge in [-0.25, -0.2) is 0 Å². The molecule has 4 aromatic carbocycles.